The van der Waals surface area contributed by atoms with Gasteiger partial charge in [0.2, 0.25) is 0 Å². The van der Waals surface area contributed by atoms with Crippen LogP contribution in [0, 0.1) is 0 Å². The van der Waals surface area contributed by atoms with Crippen molar-refractivity contribution in [3.8, 4) is 0 Å². The lowest BCUT2D eigenvalue weighted by Gasteiger charge is -2.07. The van der Waals surface area contributed by atoms with Crippen LogP contribution in [0.3, 0.4) is 0 Å². The first-order valence-corrected chi connectivity index (χ1v) is 6.25. The van der Waals surface area contributed by atoms with E-state index >= 15 is 0 Å². The Labute approximate surface area is 74.1 Å². The van der Waals surface area contributed by atoms with Gasteiger partial charge in [0.25, 0.3) is 0 Å². The van der Waals surface area contributed by atoms with Crippen LogP contribution in [-0.4, -0.2) is 12.8 Å². The molecule has 0 saturated carbocycles. The van der Waals surface area contributed by atoms with Gasteiger partial charge < -0.3 is 4.52 Å². The Balaban J connectivity index is 3.41. The fourth-order valence-corrected chi connectivity index (χ4v) is 2.10. The van der Waals surface area contributed by atoms with Gasteiger partial charge in [-0.25, -0.2) is 0 Å². The van der Waals surface area contributed by atoms with Gasteiger partial charge in [-0.2, -0.15) is 4.20 Å². The minimum absolute atomic E-state index is 0.0842. The first kappa shape index (κ1) is 12.1. The molecule has 1 atom stereocenters. The molecule has 0 heterocycles. The summed E-state index contributed by atoms with van der Waals surface area (Å²) in [5.74, 6) is 0. The highest BCUT2D eigenvalue weighted by Gasteiger charge is 2.19. The SMILES string of the molecule is CCCCCC[P@](=O)(F)OCC. The largest absolute Gasteiger partial charge is 0.367 e. The maximum atomic E-state index is 12.9. The average molecular weight is 196 g/mol. The minimum atomic E-state index is -3.73. The van der Waals surface area contributed by atoms with Crippen molar-refractivity contribution in [3.63, 3.8) is 0 Å². The maximum absolute atomic E-state index is 12.9. The van der Waals surface area contributed by atoms with E-state index in [2.05, 4.69) is 11.4 Å². The second-order valence-corrected chi connectivity index (χ2v) is 4.68. The molecule has 0 aliphatic rings. The smallest absolute Gasteiger partial charge is 0.306 e. The quantitative estimate of drug-likeness (QED) is 0.457. The van der Waals surface area contributed by atoms with Gasteiger partial charge >= 0.3 is 7.68 Å². The highest BCUT2D eigenvalue weighted by Crippen LogP contribution is 2.49. The Bertz CT molecular complexity index is 150. The summed E-state index contributed by atoms with van der Waals surface area (Å²) in [5, 5.41) is 0. The topological polar surface area (TPSA) is 26.3 Å². The van der Waals surface area contributed by atoms with Crippen LogP contribution in [-0.2, 0) is 9.09 Å². The van der Waals surface area contributed by atoms with Crippen molar-refractivity contribution < 1.29 is 13.3 Å². The molecule has 0 bridgehead atoms. The van der Waals surface area contributed by atoms with Crippen LogP contribution in [0.5, 0.6) is 0 Å². The predicted molar refractivity (Wildman–Crippen MR) is 49.3 cm³/mol. The Morgan fingerprint density at radius 1 is 1.25 bits per heavy atom. The summed E-state index contributed by atoms with van der Waals surface area (Å²) < 4.78 is 28.2. The molecule has 12 heavy (non-hydrogen) atoms. The van der Waals surface area contributed by atoms with Crippen LogP contribution in [0.2, 0.25) is 0 Å². The zero-order valence-electron chi connectivity index (χ0n) is 7.88. The third-order valence-corrected chi connectivity index (χ3v) is 3.09. The van der Waals surface area contributed by atoms with E-state index in [0.29, 0.717) is 6.42 Å². The van der Waals surface area contributed by atoms with Gasteiger partial charge in [-0.3, -0.25) is 4.57 Å². The molecular formula is C8H18FO2P. The van der Waals surface area contributed by atoms with Gasteiger partial charge in [0.1, 0.15) is 0 Å². The molecule has 0 N–H and O–H groups in total. The average Bonchev–Trinajstić information content (AvgIpc) is 1.98. The Morgan fingerprint density at radius 3 is 2.42 bits per heavy atom. The standard InChI is InChI=1S/C8H18FO2P/c1-3-5-6-7-8-12(9,10)11-4-2/h3-8H2,1-2H3/t12-/m1/s1. The lowest BCUT2D eigenvalue weighted by Crippen LogP contribution is -1.90. The molecule has 0 aromatic carbocycles. The molecule has 0 fully saturated rings. The van der Waals surface area contributed by atoms with Crippen LogP contribution >= 0.6 is 7.68 Å². The molecule has 0 saturated heterocycles. The minimum Gasteiger partial charge on any atom is -0.306 e. The van der Waals surface area contributed by atoms with E-state index in [1.165, 1.54) is 0 Å². The summed E-state index contributed by atoms with van der Waals surface area (Å²) in [4.78, 5) is 0. The molecule has 0 rings (SSSR count). The fraction of sp³-hybridized carbons (Fsp3) is 1.00. The summed E-state index contributed by atoms with van der Waals surface area (Å²) in [6.45, 7) is 3.93. The lowest BCUT2D eigenvalue weighted by atomic mass is 10.2. The molecule has 0 radical (unpaired) electrons. The Hall–Kier alpha value is 0.120. The van der Waals surface area contributed by atoms with Crippen molar-refractivity contribution >= 4 is 7.68 Å². The molecule has 74 valence electrons. The molecule has 0 aliphatic carbocycles. The normalized spacial score (nSPS) is 15.9. The number of hydrogen-bond donors (Lipinski definition) is 0. The molecule has 0 aromatic heterocycles. The van der Waals surface area contributed by atoms with E-state index in [1.807, 2.05) is 0 Å². The summed E-state index contributed by atoms with van der Waals surface area (Å²) >= 11 is 0. The first-order chi connectivity index (χ1) is 5.62. The molecule has 0 amide bonds. The first-order valence-electron chi connectivity index (χ1n) is 4.55. The molecule has 0 spiro atoms. The monoisotopic (exact) mass is 196 g/mol. The summed E-state index contributed by atoms with van der Waals surface area (Å²) in [6.07, 6.45) is 3.87. The molecule has 0 unspecified atom stereocenters. The van der Waals surface area contributed by atoms with Crippen molar-refractivity contribution in [1.82, 2.24) is 0 Å². The van der Waals surface area contributed by atoms with E-state index in [0.717, 1.165) is 19.3 Å². The molecular weight excluding hydrogens is 178 g/mol. The second-order valence-electron chi connectivity index (χ2n) is 2.79. The van der Waals surface area contributed by atoms with Crippen LogP contribution in [0.4, 0.5) is 4.20 Å². The zero-order chi connectivity index (χ0) is 9.45. The van der Waals surface area contributed by atoms with Crippen molar-refractivity contribution in [3.05, 3.63) is 0 Å². The summed E-state index contributed by atoms with van der Waals surface area (Å²) in [5.41, 5.74) is 0. The van der Waals surface area contributed by atoms with Crippen molar-refractivity contribution in [2.75, 3.05) is 12.8 Å². The van der Waals surface area contributed by atoms with Gasteiger partial charge in [-0.05, 0) is 13.3 Å². The van der Waals surface area contributed by atoms with Crippen LogP contribution < -0.4 is 0 Å². The van der Waals surface area contributed by atoms with Gasteiger partial charge in [0.15, 0.2) is 0 Å². The Morgan fingerprint density at radius 2 is 1.92 bits per heavy atom. The molecule has 2 nitrogen and oxygen atoms in total. The third kappa shape index (κ3) is 6.81. The molecule has 0 aliphatic heterocycles. The number of rotatable bonds is 7. The maximum Gasteiger partial charge on any atom is 0.367 e. The van der Waals surface area contributed by atoms with Gasteiger partial charge in [0.05, 0.1) is 12.8 Å². The highest BCUT2D eigenvalue weighted by atomic mass is 31.2. The van der Waals surface area contributed by atoms with Crippen molar-refractivity contribution in [1.29, 1.82) is 0 Å². The zero-order valence-corrected chi connectivity index (χ0v) is 8.78. The number of halogens is 1. The predicted octanol–water partition coefficient (Wildman–Crippen LogP) is 3.77. The van der Waals surface area contributed by atoms with Crippen LogP contribution in [0.15, 0.2) is 0 Å². The van der Waals surface area contributed by atoms with Crippen molar-refractivity contribution in [2.45, 2.75) is 39.5 Å². The molecule has 0 aromatic rings. The number of hydrogen-bond acceptors (Lipinski definition) is 2. The van der Waals surface area contributed by atoms with Gasteiger partial charge in [0, 0.05) is 0 Å². The van der Waals surface area contributed by atoms with Gasteiger partial charge in [-0.1, -0.05) is 26.2 Å². The molecule has 4 heteroatoms. The van der Waals surface area contributed by atoms with E-state index in [9.17, 15) is 8.76 Å². The van der Waals surface area contributed by atoms with Crippen molar-refractivity contribution in [2.24, 2.45) is 0 Å². The summed E-state index contributed by atoms with van der Waals surface area (Å²) in [6, 6.07) is 0. The van der Waals surface area contributed by atoms with Gasteiger partial charge in [-0.15, -0.1) is 0 Å². The highest BCUT2D eigenvalue weighted by molar-refractivity contribution is 7.53. The lowest BCUT2D eigenvalue weighted by molar-refractivity contribution is 0.303. The Kier molecular flexibility index (Phi) is 6.68. The van der Waals surface area contributed by atoms with E-state index in [-0.39, 0.29) is 12.8 Å². The number of unbranched alkanes of at least 4 members (excludes halogenated alkanes) is 3. The fourth-order valence-electron chi connectivity index (χ4n) is 0.985. The van der Waals surface area contributed by atoms with Crippen LogP contribution in [0.1, 0.15) is 39.5 Å². The van der Waals surface area contributed by atoms with E-state index in [4.69, 9.17) is 0 Å². The van der Waals surface area contributed by atoms with Crippen LogP contribution in [0.25, 0.3) is 0 Å². The third-order valence-electron chi connectivity index (χ3n) is 1.60. The van der Waals surface area contributed by atoms with E-state index in [1.54, 1.807) is 6.92 Å². The summed E-state index contributed by atoms with van der Waals surface area (Å²) in [7, 11) is -3.73. The second kappa shape index (κ2) is 6.62. The van der Waals surface area contributed by atoms with E-state index < -0.39 is 7.68 Å².